The van der Waals surface area contributed by atoms with E-state index in [9.17, 15) is 12.8 Å². The number of rotatable bonds is 4. The monoisotopic (exact) mass is 414 g/mol. The van der Waals surface area contributed by atoms with Crippen LogP contribution >= 0.6 is 0 Å². The molecule has 0 fully saturated rings. The highest BCUT2D eigenvalue weighted by atomic mass is 32.2. The molecule has 4 rings (SSSR count). The Kier molecular flexibility index (Phi) is 5.17. The van der Waals surface area contributed by atoms with Gasteiger partial charge in [0, 0.05) is 19.2 Å². The number of halogens is 1. The number of hydrogen-bond donors (Lipinski definition) is 0. The minimum atomic E-state index is -3.69. The molecule has 1 unspecified atom stereocenters. The molecule has 0 bridgehead atoms. The van der Waals surface area contributed by atoms with E-state index in [1.54, 1.807) is 37.4 Å². The normalized spacial score (nSPS) is 21.4. The molecule has 1 aromatic heterocycles. The predicted octanol–water partition coefficient (Wildman–Crippen LogP) is 4.01. The fourth-order valence-electron chi connectivity index (χ4n) is 3.60. The number of nitrogens with zero attached hydrogens (tertiary/aromatic N) is 2. The molecule has 1 aromatic carbocycles. The quantitative estimate of drug-likeness (QED) is 0.759. The van der Waals surface area contributed by atoms with Crippen LogP contribution in [0, 0.1) is 5.82 Å². The van der Waals surface area contributed by atoms with Crippen LogP contribution in [-0.4, -0.2) is 31.3 Å². The van der Waals surface area contributed by atoms with E-state index in [-0.39, 0.29) is 5.82 Å². The van der Waals surface area contributed by atoms with Gasteiger partial charge >= 0.3 is 0 Å². The third-order valence-corrected chi connectivity index (χ3v) is 7.76. The van der Waals surface area contributed by atoms with E-state index in [1.165, 1.54) is 16.4 Å². The zero-order valence-corrected chi connectivity index (χ0v) is 17.0. The molecule has 152 valence electrons. The Hall–Kier alpha value is -2.67. The van der Waals surface area contributed by atoms with Gasteiger partial charge in [-0.05, 0) is 49.1 Å². The van der Waals surface area contributed by atoms with Crippen LogP contribution in [0.5, 0.6) is 5.88 Å². The Morgan fingerprint density at radius 1 is 1.21 bits per heavy atom. The van der Waals surface area contributed by atoms with Gasteiger partial charge in [0.2, 0.25) is 15.9 Å². The zero-order chi connectivity index (χ0) is 20.5. The molecule has 0 radical (unpaired) electrons. The van der Waals surface area contributed by atoms with Crippen molar-refractivity contribution >= 4 is 15.7 Å². The van der Waals surface area contributed by atoms with Gasteiger partial charge in [-0.25, -0.2) is 17.8 Å². The van der Waals surface area contributed by atoms with Crippen molar-refractivity contribution in [3.8, 4) is 5.88 Å². The summed E-state index contributed by atoms with van der Waals surface area (Å²) in [5.41, 5.74) is 2.22. The van der Waals surface area contributed by atoms with Crippen LogP contribution in [0.25, 0.3) is 0 Å². The van der Waals surface area contributed by atoms with E-state index >= 15 is 0 Å². The number of aromatic nitrogens is 1. The Labute approximate surface area is 170 Å². The largest absolute Gasteiger partial charge is 0.476 e. The molecule has 29 heavy (non-hydrogen) atoms. The zero-order valence-electron chi connectivity index (χ0n) is 16.2. The minimum absolute atomic E-state index is 0.290. The summed E-state index contributed by atoms with van der Waals surface area (Å²) in [6.45, 7) is 2.49. The summed E-state index contributed by atoms with van der Waals surface area (Å²) < 4.78 is 46.5. The van der Waals surface area contributed by atoms with Crippen molar-refractivity contribution in [1.29, 1.82) is 0 Å². The first kappa shape index (κ1) is 19.6. The molecule has 2 heterocycles. The lowest BCUT2D eigenvalue weighted by molar-refractivity contribution is 0.311. The molecule has 1 aliphatic heterocycles. The molecule has 5 nitrogen and oxygen atoms in total. The van der Waals surface area contributed by atoms with Crippen LogP contribution < -0.4 is 9.04 Å². The maximum Gasteiger partial charge on any atom is 0.244 e. The van der Waals surface area contributed by atoms with Crippen molar-refractivity contribution in [1.82, 2.24) is 4.98 Å². The summed E-state index contributed by atoms with van der Waals surface area (Å²) in [6, 6.07) is 8.07. The standard InChI is InChI=1S/C22H23FN2O3S/c1-22(10-3-2-4-11-22)29(26,27)25-12-5-13-28-21-20(25)15-18(16-24-21)14-17-6-8-19(23)9-7-17/h2-4,6-10,15-16H,5,11-14H2,1H3. The lowest BCUT2D eigenvalue weighted by atomic mass is 10.0. The number of fused-ring (bicyclic) bond motifs is 1. The van der Waals surface area contributed by atoms with Crippen molar-refractivity contribution < 1.29 is 17.5 Å². The van der Waals surface area contributed by atoms with Crippen molar-refractivity contribution in [2.24, 2.45) is 0 Å². The highest BCUT2D eigenvalue weighted by Gasteiger charge is 2.42. The van der Waals surface area contributed by atoms with E-state index in [0.29, 0.717) is 44.0 Å². The van der Waals surface area contributed by atoms with Crippen LogP contribution in [0.4, 0.5) is 10.1 Å². The van der Waals surface area contributed by atoms with Crippen molar-refractivity contribution in [3.63, 3.8) is 0 Å². The first-order valence-electron chi connectivity index (χ1n) is 9.62. The molecule has 2 aliphatic rings. The molecule has 0 saturated heterocycles. The number of allylic oxidation sites excluding steroid dienone is 3. The van der Waals surface area contributed by atoms with Crippen LogP contribution in [-0.2, 0) is 16.4 Å². The lowest BCUT2D eigenvalue weighted by Crippen LogP contribution is -2.46. The molecule has 0 N–H and O–H groups in total. The van der Waals surface area contributed by atoms with Gasteiger partial charge in [-0.2, -0.15) is 0 Å². The average molecular weight is 415 g/mol. The SMILES string of the molecule is CC1(S(=O)(=O)N2CCCOc3ncc(Cc4ccc(F)cc4)cc32)C=CC=CC1. The van der Waals surface area contributed by atoms with Crippen LogP contribution in [0.3, 0.4) is 0 Å². The predicted molar refractivity (Wildman–Crippen MR) is 111 cm³/mol. The second kappa shape index (κ2) is 7.63. The molecular formula is C22H23FN2O3S. The Bertz CT molecular complexity index is 1060. The fourth-order valence-corrected chi connectivity index (χ4v) is 5.42. The molecule has 0 spiro atoms. The molecule has 2 aromatic rings. The molecule has 0 saturated carbocycles. The van der Waals surface area contributed by atoms with Crippen molar-refractivity contribution in [2.45, 2.75) is 30.9 Å². The van der Waals surface area contributed by atoms with Gasteiger partial charge < -0.3 is 4.74 Å². The maximum atomic E-state index is 13.6. The third kappa shape index (κ3) is 3.79. The topological polar surface area (TPSA) is 59.5 Å². The summed E-state index contributed by atoms with van der Waals surface area (Å²) in [5.74, 6) is 0.0372. The van der Waals surface area contributed by atoms with Gasteiger partial charge in [0.05, 0.1) is 6.61 Å². The number of benzene rings is 1. The smallest absolute Gasteiger partial charge is 0.244 e. The van der Waals surface area contributed by atoms with E-state index in [1.807, 2.05) is 18.2 Å². The summed E-state index contributed by atoms with van der Waals surface area (Å²) in [7, 11) is -3.69. The first-order chi connectivity index (χ1) is 13.9. The van der Waals surface area contributed by atoms with Gasteiger partial charge in [0.1, 0.15) is 16.3 Å². The van der Waals surface area contributed by atoms with Gasteiger partial charge in [-0.3, -0.25) is 4.31 Å². The van der Waals surface area contributed by atoms with Crippen LogP contribution in [0.15, 0.2) is 60.8 Å². The van der Waals surface area contributed by atoms with E-state index in [4.69, 9.17) is 4.74 Å². The van der Waals surface area contributed by atoms with E-state index < -0.39 is 14.8 Å². The van der Waals surface area contributed by atoms with Gasteiger partial charge in [0.15, 0.2) is 0 Å². The van der Waals surface area contributed by atoms with Gasteiger partial charge in [0.25, 0.3) is 0 Å². The number of pyridine rings is 1. The van der Waals surface area contributed by atoms with Crippen LogP contribution in [0.2, 0.25) is 0 Å². The summed E-state index contributed by atoms with van der Waals surface area (Å²) >= 11 is 0. The van der Waals surface area contributed by atoms with E-state index in [0.717, 1.165) is 11.1 Å². The maximum absolute atomic E-state index is 13.6. The molecule has 1 aliphatic carbocycles. The Morgan fingerprint density at radius 3 is 2.72 bits per heavy atom. The Balaban J connectivity index is 1.72. The summed E-state index contributed by atoms with van der Waals surface area (Å²) in [5, 5.41) is 0. The van der Waals surface area contributed by atoms with Crippen molar-refractivity contribution in [3.05, 3.63) is 77.8 Å². The van der Waals surface area contributed by atoms with Gasteiger partial charge in [-0.1, -0.05) is 36.4 Å². The average Bonchev–Trinajstić information content (AvgIpc) is 2.93. The molecule has 0 amide bonds. The highest BCUT2D eigenvalue weighted by molar-refractivity contribution is 7.94. The van der Waals surface area contributed by atoms with Gasteiger partial charge in [-0.15, -0.1) is 0 Å². The highest BCUT2D eigenvalue weighted by Crippen LogP contribution is 2.38. The minimum Gasteiger partial charge on any atom is -0.476 e. The van der Waals surface area contributed by atoms with Crippen molar-refractivity contribution in [2.75, 3.05) is 17.5 Å². The first-order valence-corrected chi connectivity index (χ1v) is 11.1. The second-order valence-electron chi connectivity index (χ2n) is 7.55. The third-order valence-electron chi connectivity index (χ3n) is 5.32. The summed E-state index contributed by atoms with van der Waals surface area (Å²) in [4.78, 5) is 4.39. The number of anilines is 1. The Morgan fingerprint density at radius 2 is 2.00 bits per heavy atom. The number of sulfonamides is 1. The number of ether oxygens (including phenoxy) is 1. The molecular weight excluding hydrogens is 391 g/mol. The van der Waals surface area contributed by atoms with E-state index in [2.05, 4.69) is 4.98 Å². The number of hydrogen-bond acceptors (Lipinski definition) is 4. The summed E-state index contributed by atoms with van der Waals surface area (Å²) in [6.07, 6.45) is 10.5. The molecule has 1 atom stereocenters. The second-order valence-corrected chi connectivity index (χ2v) is 9.88. The molecule has 7 heteroatoms. The fraction of sp³-hybridized carbons (Fsp3) is 0.318. The van der Waals surface area contributed by atoms with Crippen LogP contribution in [0.1, 0.15) is 30.9 Å². The lowest BCUT2D eigenvalue weighted by Gasteiger charge is -2.34.